The van der Waals surface area contributed by atoms with Gasteiger partial charge in [-0.05, 0) is 22.3 Å². The lowest BCUT2D eigenvalue weighted by Gasteiger charge is -2.43. The van der Waals surface area contributed by atoms with E-state index < -0.39 is 8.32 Å². The molecule has 2 aromatic carbocycles. The maximum absolute atomic E-state index is 11.3. The molecule has 0 spiro atoms. The van der Waals surface area contributed by atoms with Crippen LogP contribution in [0.5, 0.6) is 0 Å². The first-order valence-corrected chi connectivity index (χ1v) is 12.9. The van der Waals surface area contributed by atoms with Crippen LogP contribution in [0.15, 0.2) is 60.7 Å². The molecule has 0 atom stereocenters. The monoisotopic (exact) mass is 444 g/mol. The van der Waals surface area contributed by atoms with Crippen molar-refractivity contribution in [2.45, 2.75) is 39.2 Å². The predicted octanol–water partition coefficient (Wildman–Crippen LogP) is 3.55. The van der Waals surface area contributed by atoms with Gasteiger partial charge in [0.2, 0.25) is 0 Å². The van der Waals surface area contributed by atoms with Gasteiger partial charge in [0.15, 0.2) is 0 Å². The highest BCUT2D eigenvalue weighted by atomic mass is 28.4. The van der Waals surface area contributed by atoms with Gasteiger partial charge in [-0.3, -0.25) is 4.79 Å². The molecular formula is C25H36O5Si. The zero-order chi connectivity index (χ0) is 22.6. The maximum Gasteiger partial charge on any atom is 0.308 e. The van der Waals surface area contributed by atoms with Crippen LogP contribution >= 0.6 is 0 Å². The molecule has 0 aliphatic rings. The van der Waals surface area contributed by atoms with E-state index in [0.29, 0.717) is 39.6 Å². The lowest BCUT2D eigenvalue weighted by Crippen LogP contribution is -2.66. The zero-order valence-corrected chi connectivity index (χ0v) is 20.3. The summed E-state index contributed by atoms with van der Waals surface area (Å²) in [4.78, 5) is 11.3. The Labute approximate surface area is 187 Å². The van der Waals surface area contributed by atoms with E-state index in [1.165, 1.54) is 10.4 Å². The summed E-state index contributed by atoms with van der Waals surface area (Å²) in [7, 11) is -2.51. The molecule has 31 heavy (non-hydrogen) atoms. The third kappa shape index (κ3) is 7.28. The van der Waals surface area contributed by atoms with Gasteiger partial charge in [-0.15, -0.1) is 0 Å². The first-order chi connectivity index (χ1) is 14.9. The van der Waals surface area contributed by atoms with E-state index in [-0.39, 0.29) is 17.4 Å². The summed E-state index contributed by atoms with van der Waals surface area (Å²) in [5.74, 6) is -0.234. The van der Waals surface area contributed by atoms with E-state index >= 15 is 0 Å². The molecule has 0 fully saturated rings. The molecule has 0 bridgehead atoms. The summed E-state index contributed by atoms with van der Waals surface area (Å²) in [5.41, 5.74) is 0. The quantitative estimate of drug-likeness (QED) is 0.269. The SMILES string of the molecule is CCOC(=O)CCOCCOCCO[Si](c1ccccc1)(c1ccccc1)C(C)(C)C. The van der Waals surface area contributed by atoms with E-state index in [1.807, 2.05) is 12.1 Å². The molecule has 0 N–H and O–H groups in total. The Hall–Kier alpha value is -1.99. The molecule has 0 saturated heterocycles. The van der Waals surface area contributed by atoms with E-state index in [2.05, 4.69) is 69.3 Å². The molecule has 2 rings (SSSR count). The maximum atomic E-state index is 11.3. The van der Waals surface area contributed by atoms with Gasteiger partial charge in [0.05, 0.1) is 46.1 Å². The highest BCUT2D eigenvalue weighted by molar-refractivity contribution is 6.99. The number of carbonyl (C=O) groups is 1. The predicted molar refractivity (Wildman–Crippen MR) is 126 cm³/mol. The molecule has 0 aliphatic heterocycles. The molecule has 0 radical (unpaired) electrons. The average molecular weight is 445 g/mol. The van der Waals surface area contributed by atoms with Crippen molar-refractivity contribution in [3.05, 3.63) is 60.7 Å². The summed E-state index contributed by atoms with van der Waals surface area (Å²) in [6.07, 6.45) is 0.269. The Morgan fingerprint density at radius 2 is 1.26 bits per heavy atom. The summed E-state index contributed by atoms with van der Waals surface area (Å²) < 4.78 is 22.8. The van der Waals surface area contributed by atoms with Crippen LogP contribution in [0.4, 0.5) is 0 Å². The smallest absolute Gasteiger partial charge is 0.308 e. The first-order valence-electron chi connectivity index (χ1n) is 11.0. The third-order valence-corrected chi connectivity index (χ3v) is 10.1. The number of benzene rings is 2. The van der Waals surface area contributed by atoms with Crippen LogP contribution in [-0.2, 0) is 23.4 Å². The van der Waals surface area contributed by atoms with Crippen LogP contribution in [0.2, 0.25) is 5.04 Å². The summed E-state index contributed by atoms with van der Waals surface area (Å²) in [6, 6.07) is 21.1. The van der Waals surface area contributed by atoms with Crippen LogP contribution in [0.25, 0.3) is 0 Å². The second kappa shape index (κ2) is 12.8. The molecule has 5 nitrogen and oxygen atoms in total. The standard InChI is InChI=1S/C25H36O5Si/c1-5-29-24(26)16-17-27-18-19-28-20-21-30-31(25(2,3)4,22-12-8-6-9-13-22)23-14-10-7-11-15-23/h6-15H,5,16-21H2,1-4H3. The van der Waals surface area contributed by atoms with Crippen molar-refractivity contribution in [1.82, 2.24) is 0 Å². The summed E-state index contributed by atoms with van der Waals surface area (Å²) in [5, 5.41) is 2.47. The highest BCUT2D eigenvalue weighted by Crippen LogP contribution is 2.36. The van der Waals surface area contributed by atoms with Gasteiger partial charge < -0.3 is 18.6 Å². The molecule has 0 unspecified atom stereocenters. The summed E-state index contributed by atoms with van der Waals surface area (Å²) in [6.45, 7) is 11.2. The average Bonchev–Trinajstić information content (AvgIpc) is 2.76. The minimum absolute atomic E-state index is 0.0497. The second-order valence-corrected chi connectivity index (χ2v) is 12.6. The van der Waals surface area contributed by atoms with Gasteiger partial charge in [-0.2, -0.15) is 0 Å². The van der Waals surface area contributed by atoms with Crippen LogP contribution in [0.1, 0.15) is 34.1 Å². The van der Waals surface area contributed by atoms with Gasteiger partial charge in [0, 0.05) is 0 Å². The molecule has 0 aliphatic carbocycles. The van der Waals surface area contributed by atoms with E-state index in [4.69, 9.17) is 18.6 Å². The fourth-order valence-electron chi connectivity index (χ4n) is 3.73. The van der Waals surface area contributed by atoms with Crippen LogP contribution in [-0.4, -0.2) is 53.9 Å². The Balaban J connectivity index is 1.93. The van der Waals surface area contributed by atoms with E-state index in [9.17, 15) is 4.79 Å². The number of hydrogen-bond acceptors (Lipinski definition) is 5. The van der Waals surface area contributed by atoms with E-state index in [0.717, 1.165) is 0 Å². The molecule has 2 aromatic rings. The van der Waals surface area contributed by atoms with Gasteiger partial charge in [0.1, 0.15) is 0 Å². The number of esters is 1. The molecule has 0 aromatic heterocycles. The lowest BCUT2D eigenvalue weighted by molar-refractivity contribution is -0.144. The molecule has 6 heteroatoms. The van der Waals surface area contributed by atoms with Crippen molar-refractivity contribution in [3.63, 3.8) is 0 Å². The Morgan fingerprint density at radius 1 is 0.774 bits per heavy atom. The minimum Gasteiger partial charge on any atom is -0.466 e. The fraction of sp³-hybridized carbons (Fsp3) is 0.480. The van der Waals surface area contributed by atoms with Crippen LogP contribution in [0.3, 0.4) is 0 Å². The van der Waals surface area contributed by atoms with Crippen molar-refractivity contribution in [3.8, 4) is 0 Å². The minimum atomic E-state index is -2.51. The van der Waals surface area contributed by atoms with Crippen molar-refractivity contribution >= 4 is 24.7 Å². The Bertz CT molecular complexity index is 719. The highest BCUT2D eigenvalue weighted by Gasteiger charge is 2.49. The van der Waals surface area contributed by atoms with Gasteiger partial charge in [0.25, 0.3) is 8.32 Å². The van der Waals surface area contributed by atoms with Gasteiger partial charge >= 0.3 is 5.97 Å². The first kappa shape index (κ1) is 25.3. The summed E-state index contributed by atoms with van der Waals surface area (Å²) >= 11 is 0. The van der Waals surface area contributed by atoms with E-state index in [1.54, 1.807) is 6.92 Å². The normalized spacial score (nSPS) is 12.0. The molecular weight excluding hydrogens is 408 g/mol. The molecule has 0 saturated carbocycles. The van der Waals surface area contributed by atoms with Crippen LogP contribution < -0.4 is 10.4 Å². The van der Waals surface area contributed by atoms with Crippen LogP contribution in [0, 0.1) is 0 Å². The fourth-order valence-corrected chi connectivity index (χ4v) is 8.27. The second-order valence-electron chi connectivity index (χ2n) is 8.29. The number of rotatable bonds is 13. The van der Waals surface area contributed by atoms with Crippen molar-refractivity contribution in [1.29, 1.82) is 0 Å². The van der Waals surface area contributed by atoms with Crippen molar-refractivity contribution in [2.24, 2.45) is 0 Å². The largest absolute Gasteiger partial charge is 0.466 e. The third-order valence-electron chi connectivity index (χ3n) is 5.09. The Kier molecular flexibility index (Phi) is 10.4. The zero-order valence-electron chi connectivity index (χ0n) is 19.3. The number of hydrogen-bond donors (Lipinski definition) is 0. The topological polar surface area (TPSA) is 54.0 Å². The number of carbonyl (C=O) groups excluding carboxylic acids is 1. The van der Waals surface area contributed by atoms with Gasteiger partial charge in [-0.25, -0.2) is 0 Å². The number of ether oxygens (including phenoxy) is 3. The van der Waals surface area contributed by atoms with Crippen molar-refractivity contribution in [2.75, 3.05) is 39.6 Å². The Morgan fingerprint density at radius 3 is 1.74 bits per heavy atom. The van der Waals surface area contributed by atoms with Crippen molar-refractivity contribution < 1.29 is 23.4 Å². The van der Waals surface area contributed by atoms with Gasteiger partial charge in [-0.1, -0.05) is 81.4 Å². The molecule has 0 heterocycles. The molecule has 0 amide bonds. The molecule has 170 valence electrons. The lowest BCUT2D eigenvalue weighted by atomic mass is 10.2.